The molecule has 0 amide bonds. The standard InChI is InChI=1S/C17H24O3/c1-16-8-3-9-17(2,15(19)20)14(16)7-4-11-10-12(18)5-6-13(11)16/h10,13-14H,3-9H2,1-2H3,(H,19,20)/t13-,14+,16-,17-/m1/s1. The minimum atomic E-state index is -0.632. The smallest absolute Gasteiger partial charge is 0.309 e. The van der Waals surface area contributed by atoms with Crippen LogP contribution < -0.4 is 0 Å². The van der Waals surface area contributed by atoms with Crippen molar-refractivity contribution in [3.63, 3.8) is 0 Å². The first-order valence-electron chi connectivity index (χ1n) is 7.84. The lowest BCUT2D eigenvalue weighted by Crippen LogP contribution is -2.53. The summed E-state index contributed by atoms with van der Waals surface area (Å²) in [7, 11) is 0. The molecule has 0 aliphatic heterocycles. The first-order chi connectivity index (χ1) is 9.38. The van der Waals surface area contributed by atoms with E-state index in [0.717, 1.165) is 38.5 Å². The maximum atomic E-state index is 11.8. The van der Waals surface area contributed by atoms with Crippen LogP contribution in [0.3, 0.4) is 0 Å². The van der Waals surface area contributed by atoms with Crippen molar-refractivity contribution in [3.05, 3.63) is 11.6 Å². The fourth-order valence-electron chi connectivity index (χ4n) is 5.40. The molecule has 0 aromatic heterocycles. The predicted molar refractivity (Wildman–Crippen MR) is 76.2 cm³/mol. The Hall–Kier alpha value is -1.12. The quantitative estimate of drug-likeness (QED) is 0.796. The molecule has 0 saturated heterocycles. The predicted octanol–water partition coefficient (Wildman–Crippen LogP) is 3.58. The van der Waals surface area contributed by atoms with Gasteiger partial charge in [-0.25, -0.2) is 0 Å². The SMILES string of the molecule is C[C@]12CCC[C@@](C)(C(=O)O)[C@H]1CCC1=CC(=O)CC[C@H]12. The fraction of sp³-hybridized carbons (Fsp3) is 0.765. The van der Waals surface area contributed by atoms with Gasteiger partial charge in [-0.15, -0.1) is 0 Å². The van der Waals surface area contributed by atoms with Gasteiger partial charge in [0, 0.05) is 6.42 Å². The molecule has 3 aliphatic rings. The van der Waals surface area contributed by atoms with Crippen LogP contribution in [0.2, 0.25) is 0 Å². The lowest BCUT2D eigenvalue weighted by Gasteiger charge is -2.58. The molecule has 0 aromatic rings. The molecule has 0 spiro atoms. The maximum Gasteiger partial charge on any atom is 0.309 e. The number of carbonyl (C=O) groups is 2. The molecule has 3 rings (SSSR count). The number of carbonyl (C=O) groups excluding carboxylic acids is 1. The molecule has 1 N–H and O–H groups in total. The zero-order valence-electron chi connectivity index (χ0n) is 12.4. The molecule has 20 heavy (non-hydrogen) atoms. The number of carboxylic acids is 1. The van der Waals surface area contributed by atoms with E-state index in [2.05, 4.69) is 6.92 Å². The molecule has 3 heteroatoms. The summed E-state index contributed by atoms with van der Waals surface area (Å²) in [6.45, 7) is 4.23. The van der Waals surface area contributed by atoms with Crippen LogP contribution in [0.15, 0.2) is 11.6 Å². The normalized spacial score (nSPS) is 44.3. The summed E-state index contributed by atoms with van der Waals surface area (Å²) in [6.07, 6.45) is 8.17. The van der Waals surface area contributed by atoms with Crippen molar-refractivity contribution in [2.75, 3.05) is 0 Å². The molecular formula is C17H24O3. The lowest BCUT2D eigenvalue weighted by atomic mass is 9.46. The van der Waals surface area contributed by atoms with Crippen molar-refractivity contribution in [3.8, 4) is 0 Å². The Balaban J connectivity index is 2.01. The molecular weight excluding hydrogens is 252 g/mol. The third-order valence-electron chi connectivity index (χ3n) is 6.46. The van der Waals surface area contributed by atoms with Gasteiger partial charge >= 0.3 is 5.97 Å². The van der Waals surface area contributed by atoms with E-state index in [1.807, 2.05) is 13.0 Å². The summed E-state index contributed by atoms with van der Waals surface area (Å²) >= 11 is 0. The van der Waals surface area contributed by atoms with Crippen LogP contribution in [-0.4, -0.2) is 16.9 Å². The number of fused-ring (bicyclic) bond motifs is 3. The van der Waals surface area contributed by atoms with Crippen LogP contribution in [0, 0.1) is 22.7 Å². The van der Waals surface area contributed by atoms with E-state index < -0.39 is 11.4 Å². The zero-order valence-corrected chi connectivity index (χ0v) is 12.4. The third kappa shape index (κ3) is 1.78. The number of allylic oxidation sites excluding steroid dienone is 2. The first-order valence-corrected chi connectivity index (χ1v) is 7.84. The number of rotatable bonds is 1. The van der Waals surface area contributed by atoms with E-state index in [9.17, 15) is 14.7 Å². The van der Waals surface area contributed by atoms with E-state index >= 15 is 0 Å². The van der Waals surface area contributed by atoms with Crippen LogP contribution in [0.5, 0.6) is 0 Å². The Morgan fingerprint density at radius 3 is 2.70 bits per heavy atom. The van der Waals surface area contributed by atoms with Crippen LogP contribution in [-0.2, 0) is 9.59 Å². The third-order valence-corrected chi connectivity index (χ3v) is 6.46. The number of hydrogen-bond acceptors (Lipinski definition) is 2. The highest BCUT2D eigenvalue weighted by Gasteiger charge is 2.57. The molecule has 3 aliphatic carbocycles. The van der Waals surface area contributed by atoms with Gasteiger partial charge < -0.3 is 5.11 Å². The molecule has 110 valence electrons. The molecule has 0 aromatic carbocycles. The van der Waals surface area contributed by atoms with Gasteiger partial charge in [-0.2, -0.15) is 0 Å². The van der Waals surface area contributed by atoms with Crippen molar-refractivity contribution >= 4 is 11.8 Å². The molecule has 2 saturated carbocycles. The molecule has 4 atom stereocenters. The van der Waals surface area contributed by atoms with Gasteiger partial charge in [0.25, 0.3) is 0 Å². The van der Waals surface area contributed by atoms with Gasteiger partial charge in [0.2, 0.25) is 0 Å². The van der Waals surface area contributed by atoms with Crippen LogP contribution in [0.1, 0.15) is 58.8 Å². The van der Waals surface area contributed by atoms with Crippen molar-refractivity contribution in [1.29, 1.82) is 0 Å². The molecule has 0 unspecified atom stereocenters. The zero-order chi connectivity index (χ0) is 14.5. The Morgan fingerprint density at radius 2 is 2.00 bits per heavy atom. The van der Waals surface area contributed by atoms with Gasteiger partial charge in [0.05, 0.1) is 5.41 Å². The largest absolute Gasteiger partial charge is 0.481 e. The van der Waals surface area contributed by atoms with Gasteiger partial charge in [-0.05, 0) is 62.4 Å². The summed E-state index contributed by atoms with van der Waals surface area (Å²) in [6, 6.07) is 0. The van der Waals surface area contributed by atoms with Gasteiger partial charge in [0.1, 0.15) is 0 Å². The molecule has 3 nitrogen and oxygen atoms in total. The molecule has 0 heterocycles. The maximum absolute atomic E-state index is 11.8. The van der Waals surface area contributed by atoms with E-state index in [0.29, 0.717) is 12.3 Å². The first kappa shape index (κ1) is 13.8. The van der Waals surface area contributed by atoms with Crippen LogP contribution >= 0.6 is 0 Å². The lowest BCUT2D eigenvalue weighted by molar-refractivity contribution is -0.164. The Bertz CT molecular complexity index is 492. The van der Waals surface area contributed by atoms with E-state index in [4.69, 9.17) is 0 Å². The van der Waals surface area contributed by atoms with Crippen molar-refractivity contribution in [2.24, 2.45) is 22.7 Å². The number of carboxylic acid groups (broad SMARTS) is 1. The molecule has 0 bridgehead atoms. The molecule has 2 fully saturated rings. The van der Waals surface area contributed by atoms with Gasteiger partial charge in [-0.3, -0.25) is 9.59 Å². The average molecular weight is 276 g/mol. The van der Waals surface area contributed by atoms with E-state index in [-0.39, 0.29) is 17.1 Å². The second-order valence-electron chi connectivity index (χ2n) is 7.45. The second-order valence-corrected chi connectivity index (χ2v) is 7.45. The van der Waals surface area contributed by atoms with Crippen molar-refractivity contribution in [1.82, 2.24) is 0 Å². The monoisotopic (exact) mass is 276 g/mol. The topological polar surface area (TPSA) is 54.4 Å². The van der Waals surface area contributed by atoms with Crippen LogP contribution in [0.4, 0.5) is 0 Å². The molecule has 0 radical (unpaired) electrons. The number of ketones is 1. The highest BCUT2D eigenvalue weighted by molar-refractivity contribution is 5.91. The van der Waals surface area contributed by atoms with Gasteiger partial charge in [0.15, 0.2) is 5.78 Å². The average Bonchev–Trinajstić information content (AvgIpc) is 2.37. The van der Waals surface area contributed by atoms with Crippen LogP contribution in [0.25, 0.3) is 0 Å². The minimum Gasteiger partial charge on any atom is -0.481 e. The Morgan fingerprint density at radius 1 is 1.25 bits per heavy atom. The fourth-order valence-corrected chi connectivity index (χ4v) is 5.40. The van der Waals surface area contributed by atoms with E-state index in [1.54, 1.807) is 0 Å². The number of hydrogen-bond donors (Lipinski definition) is 1. The summed E-state index contributed by atoms with van der Waals surface area (Å²) in [4.78, 5) is 23.5. The highest BCUT2D eigenvalue weighted by Crippen LogP contribution is 2.62. The summed E-state index contributed by atoms with van der Waals surface area (Å²) in [5.41, 5.74) is 0.783. The van der Waals surface area contributed by atoms with Gasteiger partial charge in [-0.1, -0.05) is 18.9 Å². The summed E-state index contributed by atoms with van der Waals surface area (Å²) < 4.78 is 0. The highest BCUT2D eigenvalue weighted by atomic mass is 16.4. The van der Waals surface area contributed by atoms with Crippen molar-refractivity contribution in [2.45, 2.75) is 58.8 Å². The summed E-state index contributed by atoms with van der Waals surface area (Å²) in [5, 5.41) is 9.72. The second kappa shape index (κ2) is 4.44. The van der Waals surface area contributed by atoms with Crippen molar-refractivity contribution < 1.29 is 14.7 Å². The Kier molecular flexibility index (Phi) is 3.07. The minimum absolute atomic E-state index is 0.0656. The Labute approximate surface area is 120 Å². The number of aliphatic carboxylic acids is 1. The van der Waals surface area contributed by atoms with E-state index in [1.165, 1.54) is 5.57 Å². The summed E-state index contributed by atoms with van der Waals surface area (Å²) in [5.74, 6) is 0.303.